The summed E-state index contributed by atoms with van der Waals surface area (Å²) in [5, 5.41) is 3.18. The molecular formula is C25H33N3O5. The van der Waals surface area contributed by atoms with Crippen molar-refractivity contribution in [2.45, 2.75) is 57.4 Å². The molecule has 0 spiro atoms. The van der Waals surface area contributed by atoms with Crippen molar-refractivity contribution in [3.63, 3.8) is 0 Å². The lowest BCUT2D eigenvalue weighted by molar-refractivity contribution is -0.126. The molecule has 8 heteroatoms. The van der Waals surface area contributed by atoms with E-state index in [9.17, 15) is 19.2 Å². The third-order valence-electron chi connectivity index (χ3n) is 7.05. The quantitative estimate of drug-likeness (QED) is 0.504. The second-order valence-electron chi connectivity index (χ2n) is 9.28. The molecule has 0 unspecified atom stereocenters. The Hall–Kier alpha value is -2.74. The van der Waals surface area contributed by atoms with Gasteiger partial charge in [-0.2, -0.15) is 0 Å². The molecule has 178 valence electrons. The van der Waals surface area contributed by atoms with Gasteiger partial charge >= 0.3 is 0 Å². The summed E-state index contributed by atoms with van der Waals surface area (Å²) in [6, 6.07) is 4.85. The summed E-state index contributed by atoms with van der Waals surface area (Å²) in [6.07, 6.45) is 7.45. The minimum Gasteiger partial charge on any atom is -0.385 e. The number of amides is 4. The van der Waals surface area contributed by atoms with Crippen molar-refractivity contribution >= 4 is 23.6 Å². The van der Waals surface area contributed by atoms with Crippen LogP contribution in [0.3, 0.4) is 0 Å². The van der Waals surface area contributed by atoms with E-state index in [0.29, 0.717) is 43.8 Å². The number of hydrogen-bond acceptors (Lipinski definition) is 5. The molecule has 3 aliphatic rings. The van der Waals surface area contributed by atoms with Crippen LogP contribution in [-0.4, -0.2) is 72.8 Å². The van der Waals surface area contributed by atoms with Crippen molar-refractivity contribution in [3.05, 3.63) is 34.9 Å². The number of carbonyl (C=O) groups excluding carboxylic acids is 4. The zero-order valence-electron chi connectivity index (χ0n) is 19.3. The van der Waals surface area contributed by atoms with Gasteiger partial charge in [-0.25, -0.2) is 0 Å². The Morgan fingerprint density at radius 3 is 2.39 bits per heavy atom. The highest BCUT2D eigenvalue weighted by Crippen LogP contribution is 2.26. The molecule has 0 bridgehead atoms. The van der Waals surface area contributed by atoms with Crippen LogP contribution >= 0.6 is 0 Å². The van der Waals surface area contributed by atoms with Gasteiger partial charge in [0.2, 0.25) is 5.91 Å². The van der Waals surface area contributed by atoms with Crippen LogP contribution in [0, 0.1) is 5.92 Å². The first-order valence-electron chi connectivity index (χ1n) is 12.1. The van der Waals surface area contributed by atoms with Gasteiger partial charge in [-0.15, -0.1) is 0 Å². The molecule has 4 amide bonds. The van der Waals surface area contributed by atoms with Gasteiger partial charge in [-0.3, -0.25) is 24.1 Å². The van der Waals surface area contributed by atoms with Gasteiger partial charge in [0.25, 0.3) is 17.7 Å². The predicted molar refractivity (Wildman–Crippen MR) is 122 cm³/mol. The molecule has 2 heterocycles. The lowest BCUT2D eigenvalue weighted by atomic mass is 9.88. The first-order valence-corrected chi connectivity index (χ1v) is 12.1. The standard InChI is InChI=1S/C25H33N3O5/c1-33-15-5-12-28-24(31)20-9-8-18(16-21(20)25(28)32)23(30)27-13-10-19(11-14-27)26-22(29)17-6-3-2-4-7-17/h8-9,16-17,19H,2-7,10-15H2,1H3,(H,26,29). The lowest BCUT2D eigenvalue weighted by Gasteiger charge is -2.33. The van der Waals surface area contributed by atoms with Crippen LogP contribution in [0.2, 0.25) is 0 Å². The average Bonchev–Trinajstić information content (AvgIpc) is 3.09. The molecule has 0 atom stereocenters. The van der Waals surface area contributed by atoms with Crippen LogP contribution in [0.4, 0.5) is 0 Å². The molecule has 1 aliphatic carbocycles. The molecule has 1 saturated carbocycles. The van der Waals surface area contributed by atoms with Crippen molar-refractivity contribution < 1.29 is 23.9 Å². The minimum absolute atomic E-state index is 0.100. The highest BCUT2D eigenvalue weighted by atomic mass is 16.5. The van der Waals surface area contributed by atoms with E-state index in [2.05, 4.69) is 5.32 Å². The molecule has 0 radical (unpaired) electrons. The normalized spacial score (nSPS) is 19.7. The van der Waals surface area contributed by atoms with E-state index >= 15 is 0 Å². The Bertz CT molecular complexity index is 917. The van der Waals surface area contributed by atoms with Crippen molar-refractivity contribution in [2.75, 3.05) is 33.4 Å². The minimum atomic E-state index is -0.357. The molecule has 33 heavy (non-hydrogen) atoms. The second-order valence-corrected chi connectivity index (χ2v) is 9.28. The molecule has 4 rings (SSSR count). The first-order chi connectivity index (χ1) is 16.0. The Kier molecular flexibility index (Phi) is 7.42. The van der Waals surface area contributed by atoms with E-state index in [1.165, 1.54) is 11.3 Å². The number of likely N-dealkylation sites (tertiary alicyclic amines) is 1. The molecule has 1 N–H and O–H groups in total. The second kappa shape index (κ2) is 10.5. The zero-order valence-corrected chi connectivity index (χ0v) is 19.3. The maximum Gasteiger partial charge on any atom is 0.261 e. The van der Waals surface area contributed by atoms with Gasteiger partial charge in [-0.1, -0.05) is 19.3 Å². The Morgan fingerprint density at radius 1 is 1.00 bits per heavy atom. The lowest BCUT2D eigenvalue weighted by Crippen LogP contribution is -2.48. The fourth-order valence-electron chi connectivity index (χ4n) is 5.09. The van der Waals surface area contributed by atoms with Crippen molar-refractivity contribution in [1.82, 2.24) is 15.1 Å². The van der Waals surface area contributed by atoms with E-state index in [-0.39, 0.29) is 41.2 Å². The largest absolute Gasteiger partial charge is 0.385 e. The van der Waals surface area contributed by atoms with E-state index in [0.717, 1.165) is 38.5 Å². The van der Waals surface area contributed by atoms with Crippen molar-refractivity contribution in [2.24, 2.45) is 5.92 Å². The molecule has 1 aromatic rings. The molecule has 1 saturated heterocycles. The van der Waals surface area contributed by atoms with Crippen LogP contribution in [0.5, 0.6) is 0 Å². The van der Waals surface area contributed by atoms with Gasteiger partial charge in [0, 0.05) is 50.9 Å². The number of fused-ring (bicyclic) bond motifs is 1. The number of imide groups is 1. The van der Waals surface area contributed by atoms with Gasteiger partial charge in [-0.05, 0) is 50.3 Å². The van der Waals surface area contributed by atoms with E-state index in [4.69, 9.17) is 4.74 Å². The summed E-state index contributed by atoms with van der Waals surface area (Å²) in [5.74, 6) is -0.520. The number of benzene rings is 1. The molecule has 1 aromatic carbocycles. The van der Waals surface area contributed by atoms with E-state index in [1.54, 1.807) is 30.2 Å². The number of carbonyl (C=O) groups is 4. The highest BCUT2D eigenvalue weighted by molar-refractivity contribution is 6.22. The van der Waals surface area contributed by atoms with Crippen LogP contribution < -0.4 is 5.32 Å². The van der Waals surface area contributed by atoms with Gasteiger partial charge in [0.1, 0.15) is 0 Å². The number of ether oxygens (including phenoxy) is 1. The van der Waals surface area contributed by atoms with Crippen LogP contribution in [0.1, 0.15) is 82.4 Å². The summed E-state index contributed by atoms with van der Waals surface area (Å²) in [6.45, 7) is 1.88. The third-order valence-corrected chi connectivity index (χ3v) is 7.05. The fourth-order valence-corrected chi connectivity index (χ4v) is 5.09. The summed E-state index contributed by atoms with van der Waals surface area (Å²) in [7, 11) is 1.58. The van der Waals surface area contributed by atoms with Crippen LogP contribution in [0.15, 0.2) is 18.2 Å². The highest BCUT2D eigenvalue weighted by Gasteiger charge is 2.36. The smallest absolute Gasteiger partial charge is 0.261 e. The molecular weight excluding hydrogens is 422 g/mol. The monoisotopic (exact) mass is 455 g/mol. The average molecular weight is 456 g/mol. The molecule has 0 aromatic heterocycles. The molecule has 8 nitrogen and oxygen atoms in total. The first kappa shape index (κ1) is 23.4. The van der Waals surface area contributed by atoms with Gasteiger partial charge in [0.15, 0.2) is 0 Å². The number of methoxy groups -OCH3 is 1. The summed E-state index contributed by atoms with van der Waals surface area (Å²) < 4.78 is 5.00. The van der Waals surface area contributed by atoms with E-state index in [1.807, 2.05) is 0 Å². The number of nitrogens with one attached hydrogen (secondary N) is 1. The van der Waals surface area contributed by atoms with Crippen LogP contribution in [-0.2, 0) is 9.53 Å². The van der Waals surface area contributed by atoms with Crippen molar-refractivity contribution in [1.29, 1.82) is 0 Å². The number of rotatable bonds is 7. The number of piperidine rings is 1. The van der Waals surface area contributed by atoms with Gasteiger partial charge < -0.3 is 15.0 Å². The molecule has 2 aliphatic heterocycles. The van der Waals surface area contributed by atoms with Crippen molar-refractivity contribution in [3.8, 4) is 0 Å². The molecule has 2 fully saturated rings. The maximum absolute atomic E-state index is 13.1. The van der Waals surface area contributed by atoms with Crippen LogP contribution in [0.25, 0.3) is 0 Å². The number of hydrogen-bond donors (Lipinski definition) is 1. The Balaban J connectivity index is 1.33. The summed E-state index contributed by atoms with van der Waals surface area (Å²) in [5.41, 5.74) is 1.05. The fraction of sp³-hybridized carbons (Fsp3) is 0.600. The summed E-state index contributed by atoms with van der Waals surface area (Å²) >= 11 is 0. The Labute approximate surface area is 194 Å². The SMILES string of the molecule is COCCCN1C(=O)c2ccc(C(=O)N3CCC(NC(=O)C4CCCCC4)CC3)cc2C1=O. The zero-order chi connectivity index (χ0) is 23.4. The topological polar surface area (TPSA) is 96.0 Å². The maximum atomic E-state index is 13.1. The van der Waals surface area contributed by atoms with Gasteiger partial charge in [0.05, 0.1) is 11.1 Å². The third kappa shape index (κ3) is 5.11. The van der Waals surface area contributed by atoms with E-state index < -0.39 is 0 Å². The summed E-state index contributed by atoms with van der Waals surface area (Å²) in [4.78, 5) is 53.9. The Morgan fingerprint density at radius 2 is 1.70 bits per heavy atom. The predicted octanol–water partition coefficient (Wildman–Crippen LogP) is 2.62. The number of nitrogens with zero attached hydrogens (tertiary/aromatic N) is 2.